The lowest BCUT2D eigenvalue weighted by Crippen LogP contribution is -2.02. The van der Waals surface area contributed by atoms with Gasteiger partial charge in [0, 0.05) is 32.7 Å². The molecule has 0 bridgehead atoms. The van der Waals surface area contributed by atoms with Gasteiger partial charge in [0.05, 0.1) is 38.8 Å². The molecule has 218 valence electrons. The summed E-state index contributed by atoms with van der Waals surface area (Å²) in [7, 11) is 0. The second kappa shape index (κ2) is 9.06. The van der Waals surface area contributed by atoms with E-state index in [1.54, 1.807) is 0 Å². The summed E-state index contributed by atoms with van der Waals surface area (Å²) < 4.78 is 4.69. The van der Waals surface area contributed by atoms with E-state index < -0.39 is 0 Å². The number of hydrogen-bond donors (Lipinski definition) is 0. The SMILES string of the molecule is Clc1nc2ccccc2nc1-n1c2cc3c(cc2c2c4ccccc4ccc21)-n1c2ccccc2c2cccc(c21)-c1ccccc1-3. The third kappa shape index (κ3) is 3.27. The number of aromatic nitrogens is 4. The molecule has 0 unspecified atom stereocenters. The van der Waals surface area contributed by atoms with Gasteiger partial charge in [0.15, 0.2) is 11.0 Å². The molecule has 4 nitrogen and oxygen atoms in total. The molecule has 0 N–H and O–H groups in total. The van der Waals surface area contributed by atoms with Crippen LogP contribution in [0.1, 0.15) is 0 Å². The molecule has 0 amide bonds. The van der Waals surface area contributed by atoms with E-state index >= 15 is 0 Å². The highest BCUT2D eigenvalue weighted by Crippen LogP contribution is 2.49. The van der Waals surface area contributed by atoms with E-state index in [-0.39, 0.29) is 0 Å². The first-order valence-corrected chi connectivity index (χ1v) is 16.2. The highest BCUT2D eigenvalue weighted by Gasteiger charge is 2.27. The zero-order valence-corrected chi connectivity index (χ0v) is 25.7. The smallest absolute Gasteiger partial charge is 0.176 e. The Hall–Kier alpha value is -5.97. The van der Waals surface area contributed by atoms with Crippen molar-refractivity contribution in [2.75, 3.05) is 0 Å². The Labute approximate surface area is 273 Å². The predicted octanol–water partition coefficient (Wildman–Crippen LogP) is 11.3. The van der Waals surface area contributed by atoms with E-state index in [9.17, 15) is 0 Å². The number of halogens is 1. The van der Waals surface area contributed by atoms with Crippen LogP contribution in [0.15, 0.2) is 140 Å². The zero-order chi connectivity index (χ0) is 30.8. The Morgan fingerprint density at radius 1 is 0.447 bits per heavy atom. The number of hydrogen-bond acceptors (Lipinski definition) is 2. The molecular weight excluding hydrogens is 596 g/mol. The van der Waals surface area contributed by atoms with Crippen molar-refractivity contribution in [2.45, 2.75) is 0 Å². The monoisotopic (exact) mass is 618 g/mol. The van der Waals surface area contributed by atoms with Crippen LogP contribution < -0.4 is 0 Å². The summed E-state index contributed by atoms with van der Waals surface area (Å²) in [6.45, 7) is 0. The van der Waals surface area contributed by atoms with Crippen LogP contribution in [0.25, 0.3) is 99.2 Å². The van der Waals surface area contributed by atoms with Crippen molar-refractivity contribution >= 4 is 77.0 Å². The van der Waals surface area contributed by atoms with Crippen LogP contribution in [0.4, 0.5) is 0 Å². The summed E-state index contributed by atoms with van der Waals surface area (Å²) in [6, 6.07) is 49.9. The molecule has 4 heterocycles. The molecule has 0 radical (unpaired) electrons. The van der Waals surface area contributed by atoms with Crippen molar-refractivity contribution in [3.63, 3.8) is 0 Å². The fraction of sp³-hybridized carbons (Fsp3) is 0. The molecule has 47 heavy (non-hydrogen) atoms. The Morgan fingerprint density at radius 2 is 1.13 bits per heavy atom. The van der Waals surface area contributed by atoms with Crippen molar-refractivity contribution in [1.29, 1.82) is 0 Å². The van der Waals surface area contributed by atoms with Gasteiger partial charge in [0.1, 0.15) is 0 Å². The molecule has 0 fully saturated rings. The lowest BCUT2D eigenvalue weighted by molar-refractivity contribution is 1.07. The molecule has 1 aliphatic heterocycles. The molecule has 10 aromatic rings. The van der Waals surface area contributed by atoms with Crippen LogP contribution in [0.2, 0.25) is 5.15 Å². The average Bonchev–Trinajstić information content (AvgIpc) is 3.59. The molecule has 7 aromatic carbocycles. The second-order valence-electron chi connectivity index (χ2n) is 12.3. The van der Waals surface area contributed by atoms with E-state index in [0.717, 1.165) is 38.7 Å². The summed E-state index contributed by atoms with van der Waals surface area (Å²) in [6.07, 6.45) is 0. The average molecular weight is 619 g/mol. The van der Waals surface area contributed by atoms with Crippen molar-refractivity contribution < 1.29 is 0 Å². The highest BCUT2D eigenvalue weighted by molar-refractivity contribution is 6.32. The number of para-hydroxylation sites is 4. The van der Waals surface area contributed by atoms with E-state index in [1.165, 1.54) is 54.7 Å². The lowest BCUT2D eigenvalue weighted by atomic mass is 9.93. The number of benzene rings is 7. The summed E-state index contributed by atoms with van der Waals surface area (Å²) in [4.78, 5) is 9.94. The molecule has 0 saturated heterocycles. The van der Waals surface area contributed by atoms with Gasteiger partial charge in [0.2, 0.25) is 0 Å². The van der Waals surface area contributed by atoms with Gasteiger partial charge in [-0.1, -0.05) is 115 Å². The molecule has 5 heteroatoms. The highest BCUT2D eigenvalue weighted by atomic mass is 35.5. The third-order valence-electron chi connectivity index (χ3n) is 9.94. The van der Waals surface area contributed by atoms with E-state index in [0.29, 0.717) is 11.0 Å². The van der Waals surface area contributed by atoms with Gasteiger partial charge in [-0.05, 0) is 58.3 Å². The predicted molar refractivity (Wildman–Crippen MR) is 195 cm³/mol. The summed E-state index contributed by atoms with van der Waals surface area (Å²) in [5, 5.41) is 7.57. The van der Waals surface area contributed by atoms with Gasteiger partial charge in [-0.25, -0.2) is 9.97 Å². The maximum Gasteiger partial charge on any atom is 0.176 e. The van der Waals surface area contributed by atoms with Gasteiger partial charge in [-0.2, -0.15) is 0 Å². The first-order chi connectivity index (χ1) is 23.2. The van der Waals surface area contributed by atoms with Crippen molar-refractivity contribution in [1.82, 2.24) is 19.1 Å². The maximum atomic E-state index is 7.03. The van der Waals surface area contributed by atoms with Crippen LogP contribution in [0, 0.1) is 0 Å². The minimum absolute atomic E-state index is 0.372. The van der Waals surface area contributed by atoms with Crippen LogP contribution in [-0.4, -0.2) is 19.1 Å². The fourth-order valence-corrected chi connectivity index (χ4v) is 8.22. The van der Waals surface area contributed by atoms with Crippen molar-refractivity contribution in [3.8, 4) is 33.8 Å². The first-order valence-electron chi connectivity index (χ1n) is 15.8. The molecule has 3 aromatic heterocycles. The fourth-order valence-electron chi connectivity index (χ4n) is 8.00. The standard InChI is InChI=1S/C42H23ClN4/c43-41-42(45-34-18-7-6-17-33(34)44-41)47-36-21-20-24-10-1-2-11-25(24)39(36)32-23-37-31(22-38(32)47)27-13-4-3-12-26(27)29-15-9-16-30-28-14-5-8-19-35(28)46(37)40(29)30/h1-23H. The Balaban J connectivity index is 1.39. The van der Waals surface area contributed by atoms with Crippen molar-refractivity contribution in [3.05, 3.63) is 145 Å². The van der Waals surface area contributed by atoms with E-state index in [2.05, 4.69) is 124 Å². The number of nitrogens with zero attached hydrogens (tertiary/aromatic N) is 4. The summed E-state index contributed by atoms with van der Waals surface area (Å²) in [5.41, 5.74) is 12.0. The van der Waals surface area contributed by atoms with Crippen LogP contribution >= 0.6 is 11.6 Å². The number of rotatable bonds is 1. The molecule has 0 saturated carbocycles. The molecular formula is C42H23ClN4. The molecule has 0 spiro atoms. The van der Waals surface area contributed by atoms with Crippen LogP contribution in [0.5, 0.6) is 0 Å². The summed E-state index contributed by atoms with van der Waals surface area (Å²) in [5.74, 6) is 0.625. The third-order valence-corrected chi connectivity index (χ3v) is 10.2. The molecule has 11 rings (SSSR count). The number of fused-ring (bicyclic) bond motifs is 14. The first kappa shape index (κ1) is 25.2. The van der Waals surface area contributed by atoms with Gasteiger partial charge in [-0.3, -0.25) is 4.57 Å². The Kier molecular flexibility index (Phi) is 4.87. The van der Waals surface area contributed by atoms with E-state index in [4.69, 9.17) is 21.6 Å². The minimum atomic E-state index is 0.372. The van der Waals surface area contributed by atoms with Crippen LogP contribution in [-0.2, 0) is 0 Å². The Morgan fingerprint density at radius 3 is 2.00 bits per heavy atom. The Bertz CT molecular complexity index is 2980. The minimum Gasteiger partial charge on any atom is -0.308 e. The topological polar surface area (TPSA) is 35.6 Å². The summed E-state index contributed by atoms with van der Waals surface area (Å²) >= 11 is 7.03. The quantitative estimate of drug-likeness (QED) is 0.183. The van der Waals surface area contributed by atoms with Crippen molar-refractivity contribution in [2.24, 2.45) is 0 Å². The maximum absolute atomic E-state index is 7.03. The van der Waals surface area contributed by atoms with Gasteiger partial charge in [0.25, 0.3) is 0 Å². The van der Waals surface area contributed by atoms with Gasteiger partial charge in [-0.15, -0.1) is 0 Å². The van der Waals surface area contributed by atoms with E-state index in [1.807, 2.05) is 24.3 Å². The largest absolute Gasteiger partial charge is 0.308 e. The van der Waals surface area contributed by atoms with Gasteiger partial charge >= 0.3 is 0 Å². The lowest BCUT2D eigenvalue weighted by Gasteiger charge is -2.15. The second-order valence-corrected chi connectivity index (χ2v) is 12.7. The van der Waals surface area contributed by atoms with Gasteiger partial charge < -0.3 is 4.57 Å². The molecule has 0 atom stereocenters. The van der Waals surface area contributed by atoms with Crippen LogP contribution in [0.3, 0.4) is 0 Å². The zero-order valence-electron chi connectivity index (χ0n) is 24.9. The normalized spacial score (nSPS) is 12.4. The molecule has 1 aliphatic rings. The molecule has 0 aliphatic carbocycles.